The van der Waals surface area contributed by atoms with Gasteiger partial charge in [-0.3, -0.25) is 14.4 Å². The molecule has 7 nitrogen and oxygen atoms in total. The molecule has 1 aliphatic rings. The van der Waals surface area contributed by atoms with E-state index in [1.807, 2.05) is 0 Å². The lowest BCUT2D eigenvalue weighted by Crippen LogP contribution is -2.47. The second-order valence-corrected chi connectivity index (χ2v) is 7.90. The van der Waals surface area contributed by atoms with Crippen LogP contribution in [0.3, 0.4) is 0 Å². The molecule has 3 aromatic rings. The molecule has 2 aromatic carbocycles. The van der Waals surface area contributed by atoms with Gasteiger partial charge in [-0.15, -0.1) is 0 Å². The van der Waals surface area contributed by atoms with E-state index in [0.717, 1.165) is 23.6 Å². The molecule has 0 bridgehead atoms. The van der Waals surface area contributed by atoms with Crippen LogP contribution in [0, 0.1) is 5.82 Å². The summed E-state index contributed by atoms with van der Waals surface area (Å²) >= 11 is 5.97. The third kappa shape index (κ3) is 4.70. The van der Waals surface area contributed by atoms with Crippen molar-refractivity contribution in [1.82, 2.24) is 20.4 Å². The fourth-order valence-corrected chi connectivity index (χ4v) is 3.64. The summed E-state index contributed by atoms with van der Waals surface area (Å²) < 4.78 is 14.8. The number of amides is 2. The number of nitrogens with one attached hydrogen (secondary N) is 2. The molecular formula is C23H20ClFN4O3. The third-order valence-electron chi connectivity index (χ3n) is 5.19. The van der Waals surface area contributed by atoms with E-state index in [-0.39, 0.29) is 17.2 Å². The summed E-state index contributed by atoms with van der Waals surface area (Å²) in [5.41, 5.74) is 0.181. The summed E-state index contributed by atoms with van der Waals surface area (Å²) in [5, 5.41) is 10.3. The number of carbonyl (C=O) groups excluding carboxylic acids is 2. The second-order valence-electron chi connectivity index (χ2n) is 7.46. The summed E-state index contributed by atoms with van der Waals surface area (Å²) in [6, 6.07) is 12.7. The van der Waals surface area contributed by atoms with Gasteiger partial charge in [-0.2, -0.15) is 9.78 Å². The van der Waals surface area contributed by atoms with Crippen molar-refractivity contribution in [2.24, 2.45) is 0 Å². The third-order valence-corrected chi connectivity index (χ3v) is 5.44. The van der Waals surface area contributed by atoms with Crippen molar-refractivity contribution in [3.8, 4) is 16.9 Å². The molecule has 0 spiro atoms. The van der Waals surface area contributed by atoms with Gasteiger partial charge in [0, 0.05) is 17.1 Å². The van der Waals surface area contributed by atoms with Crippen LogP contribution in [0.4, 0.5) is 4.39 Å². The quantitative estimate of drug-likeness (QED) is 0.633. The first-order chi connectivity index (χ1) is 15.4. The van der Waals surface area contributed by atoms with Crippen molar-refractivity contribution in [2.75, 3.05) is 6.54 Å². The second kappa shape index (κ2) is 9.32. The maximum atomic E-state index is 13.8. The summed E-state index contributed by atoms with van der Waals surface area (Å²) in [6.07, 6.45) is 2.06. The van der Waals surface area contributed by atoms with Crippen LogP contribution in [0.1, 0.15) is 29.6 Å². The number of nitrogens with zero attached hydrogens (tertiary/aromatic N) is 2. The van der Waals surface area contributed by atoms with E-state index in [2.05, 4.69) is 15.7 Å². The van der Waals surface area contributed by atoms with Crippen molar-refractivity contribution in [1.29, 1.82) is 0 Å². The SMILES string of the molecule is O=C(N[C@H]1CCCCNC1=O)c1cc(-c2ccc(Cl)cc2)nn(-c2cccc(F)c2)c1=O. The fourth-order valence-electron chi connectivity index (χ4n) is 3.51. The van der Waals surface area contributed by atoms with Gasteiger partial charge in [-0.1, -0.05) is 29.8 Å². The first-order valence-corrected chi connectivity index (χ1v) is 10.5. The van der Waals surface area contributed by atoms with Crippen LogP contribution in [0.25, 0.3) is 16.9 Å². The topological polar surface area (TPSA) is 93.1 Å². The monoisotopic (exact) mass is 454 g/mol. The van der Waals surface area contributed by atoms with Gasteiger partial charge in [0.1, 0.15) is 17.4 Å². The molecule has 2 heterocycles. The highest BCUT2D eigenvalue weighted by molar-refractivity contribution is 6.30. The molecular weight excluding hydrogens is 435 g/mol. The highest BCUT2D eigenvalue weighted by atomic mass is 35.5. The Bertz CT molecular complexity index is 1230. The Morgan fingerprint density at radius 1 is 1.12 bits per heavy atom. The molecule has 1 atom stereocenters. The molecule has 4 rings (SSSR count). The van der Waals surface area contributed by atoms with Crippen LogP contribution in [0.2, 0.25) is 5.02 Å². The molecule has 2 N–H and O–H groups in total. The maximum absolute atomic E-state index is 13.8. The molecule has 1 aromatic heterocycles. The number of carbonyl (C=O) groups is 2. The fraction of sp³-hybridized carbons (Fsp3) is 0.217. The molecule has 0 unspecified atom stereocenters. The lowest BCUT2D eigenvalue weighted by molar-refractivity contribution is -0.122. The standard InChI is InChI=1S/C23H20ClFN4O3/c24-15-9-7-14(8-10-15)20-13-18(21(30)27-19-6-1-2-11-26-22(19)31)23(32)29(28-20)17-5-3-4-16(25)12-17/h3-5,7-10,12-13,19H,1-2,6,11H2,(H,26,31)(H,27,30)/t19-/m0/s1. The largest absolute Gasteiger partial charge is 0.354 e. The minimum absolute atomic E-state index is 0.173. The lowest BCUT2D eigenvalue weighted by Gasteiger charge is -2.16. The van der Waals surface area contributed by atoms with Gasteiger partial charge in [-0.05, 0) is 55.7 Å². The van der Waals surface area contributed by atoms with Crippen molar-refractivity contribution >= 4 is 23.4 Å². The van der Waals surface area contributed by atoms with Gasteiger partial charge in [0.15, 0.2) is 0 Å². The van der Waals surface area contributed by atoms with Crippen molar-refractivity contribution in [3.05, 3.63) is 81.4 Å². The Hall–Kier alpha value is -3.52. The lowest BCUT2D eigenvalue weighted by atomic mass is 10.1. The van der Waals surface area contributed by atoms with Gasteiger partial charge < -0.3 is 10.6 Å². The van der Waals surface area contributed by atoms with Crippen molar-refractivity contribution in [3.63, 3.8) is 0 Å². The normalized spacial score (nSPS) is 16.2. The molecule has 1 fully saturated rings. The van der Waals surface area contributed by atoms with E-state index in [4.69, 9.17) is 11.6 Å². The van der Waals surface area contributed by atoms with Crippen molar-refractivity contribution in [2.45, 2.75) is 25.3 Å². The Balaban J connectivity index is 1.79. The minimum Gasteiger partial charge on any atom is -0.354 e. The highest BCUT2D eigenvalue weighted by Gasteiger charge is 2.25. The zero-order valence-electron chi connectivity index (χ0n) is 17.0. The number of halogens is 2. The molecule has 164 valence electrons. The molecule has 0 saturated carbocycles. The Morgan fingerprint density at radius 3 is 2.66 bits per heavy atom. The van der Waals surface area contributed by atoms with E-state index in [0.29, 0.717) is 29.2 Å². The van der Waals surface area contributed by atoms with E-state index in [9.17, 15) is 18.8 Å². The van der Waals surface area contributed by atoms with Crippen molar-refractivity contribution < 1.29 is 14.0 Å². The molecule has 2 amide bonds. The van der Waals surface area contributed by atoms with Gasteiger partial charge in [-0.25, -0.2) is 4.39 Å². The van der Waals surface area contributed by atoms with Gasteiger partial charge in [0.05, 0.1) is 11.4 Å². The van der Waals surface area contributed by atoms with Crippen LogP contribution < -0.4 is 16.2 Å². The van der Waals surface area contributed by atoms with Gasteiger partial charge >= 0.3 is 0 Å². The number of hydrogen-bond acceptors (Lipinski definition) is 4. The number of rotatable bonds is 4. The predicted molar refractivity (Wildman–Crippen MR) is 118 cm³/mol. The minimum atomic E-state index is -0.737. The van der Waals surface area contributed by atoms with Crippen LogP contribution >= 0.6 is 11.6 Å². The summed E-state index contributed by atoms with van der Waals surface area (Å²) in [4.78, 5) is 38.4. The predicted octanol–water partition coefficient (Wildman–Crippen LogP) is 3.09. The number of hydrogen-bond donors (Lipinski definition) is 2. The molecule has 9 heteroatoms. The molecule has 0 aliphatic carbocycles. The van der Waals surface area contributed by atoms with Crippen LogP contribution in [0.15, 0.2) is 59.4 Å². The summed E-state index contributed by atoms with van der Waals surface area (Å²) in [7, 11) is 0. The number of aromatic nitrogens is 2. The average molecular weight is 455 g/mol. The van der Waals surface area contributed by atoms with Crippen LogP contribution in [0.5, 0.6) is 0 Å². The summed E-state index contributed by atoms with van der Waals surface area (Å²) in [6.45, 7) is 0.549. The zero-order chi connectivity index (χ0) is 22.7. The van der Waals surface area contributed by atoms with E-state index in [1.54, 1.807) is 24.3 Å². The molecule has 32 heavy (non-hydrogen) atoms. The van der Waals surface area contributed by atoms with Crippen LogP contribution in [-0.2, 0) is 4.79 Å². The molecule has 1 aliphatic heterocycles. The van der Waals surface area contributed by atoms with E-state index < -0.39 is 23.3 Å². The van der Waals surface area contributed by atoms with E-state index in [1.165, 1.54) is 24.3 Å². The van der Waals surface area contributed by atoms with Crippen LogP contribution in [-0.4, -0.2) is 34.2 Å². The van der Waals surface area contributed by atoms with Gasteiger partial charge in [0.25, 0.3) is 11.5 Å². The molecule has 0 radical (unpaired) electrons. The van der Waals surface area contributed by atoms with E-state index >= 15 is 0 Å². The summed E-state index contributed by atoms with van der Waals surface area (Å²) in [5.74, 6) is -1.53. The Morgan fingerprint density at radius 2 is 1.91 bits per heavy atom. The average Bonchev–Trinajstić information content (AvgIpc) is 2.98. The first kappa shape index (κ1) is 21.7. The Kier molecular flexibility index (Phi) is 6.32. The maximum Gasteiger partial charge on any atom is 0.284 e. The molecule has 1 saturated heterocycles. The Labute approximate surface area is 188 Å². The first-order valence-electron chi connectivity index (χ1n) is 10.2. The highest BCUT2D eigenvalue weighted by Crippen LogP contribution is 2.21. The smallest absolute Gasteiger partial charge is 0.284 e. The number of benzene rings is 2. The van der Waals surface area contributed by atoms with Gasteiger partial charge in [0.2, 0.25) is 5.91 Å². The zero-order valence-corrected chi connectivity index (χ0v) is 17.7.